The average molecular weight is 223 g/mol. The number of rotatable bonds is 3. The van der Waals surface area contributed by atoms with E-state index in [-0.39, 0.29) is 5.41 Å². The van der Waals surface area contributed by atoms with Crippen LogP contribution in [-0.4, -0.2) is 22.7 Å². The van der Waals surface area contributed by atoms with Crippen molar-refractivity contribution < 1.29 is 4.52 Å². The third-order valence-electron chi connectivity index (χ3n) is 2.78. The van der Waals surface area contributed by atoms with Gasteiger partial charge in [0.15, 0.2) is 5.82 Å². The molecule has 0 bridgehead atoms. The maximum atomic E-state index is 5.27. The van der Waals surface area contributed by atoms with Gasteiger partial charge in [-0.15, -0.1) is 0 Å². The lowest BCUT2D eigenvalue weighted by atomic mass is 9.92. The smallest absolute Gasteiger partial charge is 0.228 e. The molecule has 1 aromatic heterocycles. The molecular weight excluding hydrogens is 202 g/mol. The van der Waals surface area contributed by atoms with Gasteiger partial charge in [0.1, 0.15) is 0 Å². The topological polar surface area (TPSA) is 51.0 Å². The quantitative estimate of drug-likeness (QED) is 0.851. The second-order valence-electron chi connectivity index (χ2n) is 5.84. The molecule has 2 heterocycles. The molecule has 0 aromatic carbocycles. The first-order chi connectivity index (χ1) is 7.53. The van der Waals surface area contributed by atoms with Gasteiger partial charge < -0.3 is 9.84 Å². The first-order valence-corrected chi connectivity index (χ1v) is 6.08. The van der Waals surface area contributed by atoms with E-state index >= 15 is 0 Å². The second-order valence-corrected chi connectivity index (χ2v) is 5.84. The highest BCUT2D eigenvalue weighted by molar-refractivity contribution is 4.93. The molecule has 1 saturated heterocycles. The van der Waals surface area contributed by atoms with Crippen molar-refractivity contribution in [1.29, 1.82) is 0 Å². The molecule has 0 spiro atoms. The summed E-state index contributed by atoms with van der Waals surface area (Å²) >= 11 is 0. The van der Waals surface area contributed by atoms with Gasteiger partial charge >= 0.3 is 0 Å². The minimum atomic E-state index is 0.215. The maximum Gasteiger partial charge on any atom is 0.228 e. The summed E-state index contributed by atoms with van der Waals surface area (Å²) in [5.74, 6) is 1.61. The summed E-state index contributed by atoms with van der Waals surface area (Å²) in [7, 11) is 0. The fourth-order valence-corrected chi connectivity index (χ4v) is 2.06. The van der Waals surface area contributed by atoms with E-state index in [1.54, 1.807) is 0 Å². The Morgan fingerprint density at radius 2 is 2.25 bits per heavy atom. The molecule has 1 N–H and O–H groups in total. The maximum absolute atomic E-state index is 5.27. The zero-order valence-corrected chi connectivity index (χ0v) is 10.4. The van der Waals surface area contributed by atoms with Crippen molar-refractivity contribution in [2.75, 3.05) is 6.54 Å². The van der Waals surface area contributed by atoms with Crippen LogP contribution in [0.15, 0.2) is 4.52 Å². The van der Waals surface area contributed by atoms with Gasteiger partial charge in [-0.1, -0.05) is 25.9 Å². The molecule has 0 aliphatic carbocycles. The predicted octanol–water partition coefficient (Wildman–Crippen LogP) is 1.95. The van der Waals surface area contributed by atoms with Crippen LogP contribution in [0.4, 0.5) is 0 Å². The Morgan fingerprint density at radius 1 is 1.44 bits per heavy atom. The van der Waals surface area contributed by atoms with Gasteiger partial charge in [0.2, 0.25) is 5.89 Å². The van der Waals surface area contributed by atoms with Crippen LogP contribution in [-0.2, 0) is 12.8 Å². The molecule has 1 unspecified atom stereocenters. The highest BCUT2D eigenvalue weighted by Gasteiger charge is 2.20. The van der Waals surface area contributed by atoms with E-state index < -0.39 is 0 Å². The molecule has 1 fully saturated rings. The Balaban J connectivity index is 1.91. The van der Waals surface area contributed by atoms with Crippen LogP contribution >= 0.6 is 0 Å². The number of hydrogen-bond donors (Lipinski definition) is 1. The van der Waals surface area contributed by atoms with Crippen LogP contribution in [0.3, 0.4) is 0 Å². The van der Waals surface area contributed by atoms with Crippen LogP contribution in [0.1, 0.15) is 45.3 Å². The fourth-order valence-electron chi connectivity index (χ4n) is 2.06. The Labute approximate surface area is 96.8 Å². The zero-order chi connectivity index (χ0) is 11.6. The lowest BCUT2D eigenvalue weighted by Crippen LogP contribution is -2.23. The van der Waals surface area contributed by atoms with Crippen LogP contribution in [0, 0.1) is 5.41 Å². The summed E-state index contributed by atoms with van der Waals surface area (Å²) in [6.07, 6.45) is 4.22. The molecular formula is C12H21N3O. The zero-order valence-electron chi connectivity index (χ0n) is 10.4. The molecule has 4 nitrogen and oxygen atoms in total. The molecule has 2 rings (SSSR count). The molecule has 1 atom stereocenters. The van der Waals surface area contributed by atoms with Crippen molar-refractivity contribution in [2.45, 2.75) is 52.5 Å². The van der Waals surface area contributed by atoms with Crippen molar-refractivity contribution in [3.05, 3.63) is 11.7 Å². The highest BCUT2D eigenvalue weighted by Crippen LogP contribution is 2.19. The molecule has 90 valence electrons. The third kappa shape index (κ3) is 3.30. The highest BCUT2D eigenvalue weighted by atomic mass is 16.5. The van der Waals surface area contributed by atoms with E-state index in [0.717, 1.165) is 31.1 Å². The van der Waals surface area contributed by atoms with Crippen molar-refractivity contribution in [2.24, 2.45) is 5.41 Å². The molecule has 16 heavy (non-hydrogen) atoms. The van der Waals surface area contributed by atoms with Gasteiger partial charge in [0.25, 0.3) is 0 Å². The molecule has 1 aliphatic heterocycles. The van der Waals surface area contributed by atoms with E-state index in [0.29, 0.717) is 6.04 Å². The molecule has 1 aliphatic rings. The second kappa shape index (κ2) is 4.53. The van der Waals surface area contributed by atoms with E-state index in [1.807, 2.05) is 0 Å². The molecule has 4 heteroatoms. The van der Waals surface area contributed by atoms with E-state index in [1.165, 1.54) is 12.8 Å². The molecule has 0 amide bonds. The number of hydrogen-bond acceptors (Lipinski definition) is 4. The number of aromatic nitrogens is 2. The lowest BCUT2D eigenvalue weighted by Gasteiger charge is -2.14. The van der Waals surface area contributed by atoms with E-state index in [4.69, 9.17) is 4.52 Å². The van der Waals surface area contributed by atoms with E-state index in [2.05, 4.69) is 36.2 Å². The molecule has 0 radical (unpaired) electrons. The van der Waals surface area contributed by atoms with Crippen LogP contribution in [0.25, 0.3) is 0 Å². The van der Waals surface area contributed by atoms with Gasteiger partial charge in [-0.2, -0.15) is 4.98 Å². The lowest BCUT2D eigenvalue weighted by molar-refractivity contribution is 0.346. The summed E-state index contributed by atoms with van der Waals surface area (Å²) in [6, 6.07) is 0.530. The van der Waals surface area contributed by atoms with Gasteiger partial charge in [-0.3, -0.25) is 0 Å². The monoisotopic (exact) mass is 223 g/mol. The normalized spacial score (nSPS) is 21.6. The van der Waals surface area contributed by atoms with E-state index in [9.17, 15) is 0 Å². The summed E-state index contributed by atoms with van der Waals surface area (Å²) in [4.78, 5) is 4.44. The average Bonchev–Trinajstić information content (AvgIpc) is 2.75. The number of nitrogens with zero attached hydrogens (tertiary/aromatic N) is 2. The third-order valence-corrected chi connectivity index (χ3v) is 2.78. The minimum Gasteiger partial charge on any atom is -0.339 e. The fraction of sp³-hybridized carbons (Fsp3) is 0.833. The largest absolute Gasteiger partial charge is 0.339 e. The van der Waals surface area contributed by atoms with Crippen LogP contribution < -0.4 is 5.32 Å². The summed E-state index contributed by atoms with van der Waals surface area (Å²) < 4.78 is 5.27. The summed E-state index contributed by atoms with van der Waals surface area (Å²) in [5.41, 5.74) is 0.215. The Hall–Kier alpha value is -0.900. The van der Waals surface area contributed by atoms with Crippen molar-refractivity contribution in [3.8, 4) is 0 Å². The SMILES string of the molecule is CC(C)(C)Cc1noc(CC2CCCN2)n1. The Morgan fingerprint density at radius 3 is 2.88 bits per heavy atom. The van der Waals surface area contributed by atoms with Crippen molar-refractivity contribution >= 4 is 0 Å². The van der Waals surface area contributed by atoms with Gasteiger partial charge in [-0.05, 0) is 24.8 Å². The van der Waals surface area contributed by atoms with Gasteiger partial charge in [0.05, 0.1) is 0 Å². The predicted molar refractivity (Wildman–Crippen MR) is 62.2 cm³/mol. The van der Waals surface area contributed by atoms with Gasteiger partial charge in [0, 0.05) is 18.9 Å². The van der Waals surface area contributed by atoms with Crippen LogP contribution in [0.5, 0.6) is 0 Å². The first-order valence-electron chi connectivity index (χ1n) is 6.08. The van der Waals surface area contributed by atoms with Gasteiger partial charge in [-0.25, -0.2) is 0 Å². The first kappa shape index (κ1) is 11.6. The minimum absolute atomic E-state index is 0.215. The van der Waals surface area contributed by atoms with Crippen molar-refractivity contribution in [3.63, 3.8) is 0 Å². The molecule has 0 saturated carbocycles. The number of nitrogens with one attached hydrogen (secondary N) is 1. The van der Waals surface area contributed by atoms with Crippen LogP contribution in [0.2, 0.25) is 0 Å². The summed E-state index contributed by atoms with van der Waals surface area (Å²) in [6.45, 7) is 7.67. The Bertz CT molecular complexity index is 334. The standard InChI is InChI=1S/C12H21N3O/c1-12(2,3)8-10-14-11(16-15-10)7-9-5-4-6-13-9/h9,13H,4-8H2,1-3H3. The summed E-state index contributed by atoms with van der Waals surface area (Å²) in [5, 5.41) is 7.46. The Kier molecular flexibility index (Phi) is 3.28. The van der Waals surface area contributed by atoms with Crippen molar-refractivity contribution in [1.82, 2.24) is 15.5 Å². The molecule has 1 aromatic rings.